The fourth-order valence-corrected chi connectivity index (χ4v) is 4.07. The van der Waals surface area contributed by atoms with Gasteiger partial charge in [0.2, 0.25) is 5.91 Å². The maximum absolute atomic E-state index is 14.2. The number of thioether (sulfide) groups is 1. The van der Waals surface area contributed by atoms with Crippen molar-refractivity contribution < 1.29 is 9.18 Å². The van der Waals surface area contributed by atoms with E-state index in [4.69, 9.17) is 0 Å². The van der Waals surface area contributed by atoms with Crippen molar-refractivity contribution in [3.8, 4) is 11.4 Å². The van der Waals surface area contributed by atoms with Crippen LogP contribution in [0.1, 0.15) is 18.9 Å². The standard InChI is InChI=1S/C19H16FIN4OS/c20-14-6-2-1-5-13(14)18-23-24-19(25(18)12-9-10-12)27-11-17(26)22-16-8-4-3-7-15(16)21/h1-8,12H,9-11H2,(H,22,26). The quantitative estimate of drug-likeness (QED) is 0.397. The Bertz CT molecular complexity index is 989. The van der Waals surface area contributed by atoms with Crippen LogP contribution in [0.2, 0.25) is 0 Å². The average molecular weight is 494 g/mol. The normalized spacial score (nSPS) is 13.6. The molecule has 4 rings (SSSR count). The first kappa shape index (κ1) is 18.4. The first-order chi connectivity index (χ1) is 13.1. The summed E-state index contributed by atoms with van der Waals surface area (Å²) in [5.41, 5.74) is 1.23. The van der Waals surface area contributed by atoms with Crippen molar-refractivity contribution >= 4 is 45.9 Å². The highest BCUT2D eigenvalue weighted by Crippen LogP contribution is 2.41. The fourth-order valence-electron chi connectivity index (χ4n) is 2.74. The second-order valence-corrected chi connectivity index (χ2v) is 8.31. The third-order valence-electron chi connectivity index (χ3n) is 4.17. The van der Waals surface area contributed by atoms with E-state index in [1.165, 1.54) is 17.8 Å². The Morgan fingerprint density at radius 3 is 2.67 bits per heavy atom. The Morgan fingerprint density at radius 1 is 1.19 bits per heavy atom. The Balaban J connectivity index is 1.51. The molecule has 1 fully saturated rings. The number of amides is 1. The lowest BCUT2D eigenvalue weighted by Gasteiger charge is -2.10. The van der Waals surface area contributed by atoms with E-state index in [0.29, 0.717) is 16.5 Å². The molecule has 0 aliphatic heterocycles. The zero-order chi connectivity index (χ0) is 18.8. The molecule has 1 aromatic heterocycles. The van der Waals surface area contributed by atoms with Crippen LogP contribution in [0.25, 0.3) is 11.4 Å². The fraction of sp³-hybridized carbons (Fsp3) is 0.211. The van der Waals surface area contributed by atoms with Gasteiger partial charge in [0.1, 0.15) is 5.82 Å². The van der Waals surface area contributed by atoms with Crippen LogP contribution in [0, 0.1) is 9.39 Å². The largest absolute Gasteiger partial charge is 0.324 e. The van der Waals surface area contributed by atoms with Crippen LogP contribution in [0.3, 0.4) is 0 Å². The van der Waals surface area contributed by atoms with Crippen molar-refractivity contribution in [3.63, 3.8) is 0 Å². The minimum atomic E-state index is -0.320. The van der Waals surface area contributed by atoms with Crippen LogP contribution in [0.4, 0.5) is 10.1 Å². The second-order valence-electron chi connectivity index (χ2n) is 6.20. The molecule has 1 amide bonds. The first-order valence-electron chi connectivity index (χ1n) is 8.50. The number of nitrogens with one attached hydrogen (secondary N) is 1. The zero-order valence-corrected chi connectivity index (χ0v) is 17.2. The van der Waals surface area contributed by atoms with Gasteiger partial charge in [0.05, 0.1) is 17.0 Å². The number of benzene rings is 2. The predicted molar refractivity (Wildman–Crippen MR) is 112 cm³/mol. The molecule has 1 aliphatic carbocycles. The molecule has 0 saturated heterocycles. The molecule has 27 heavy (non-hydrogen) atoms. The number of hydrogen-bond acceptors (Lipinski definition) is 4. The highest BCUT2D eigenvalue weighted by molar-refractivity contribution is 14.1. The maximum atomic E-state index is 14.2. The molecule has 3 aromatic rings. The molecule has 1 aliphatic rings. The van der Waals surface area contributed by atoms with Crippen molar-refractivity contribution in [2.24, 2.45) is 0 Å². The van der Waals surface area contributed by atoms with Crippen LogP contribution in [0.15, 0.2) is 53.7 Å². The summed E-state index contributed by atoms with van der Waals surface area (Å²) in [4.78, 5) is 12.3. The summed E-state index contributed by atoms with van der Waals surface area (Å²) in [7, 11) is 0. The molecule has 1 heterocycles. The summed E-state index contributed by atoms with van der Waals surface area (Å²) in [6.45, 7) is 0. The van der Waals surface area contributed by atoms with E-state index in [-0.39, 0.29) is 23.5 Å². The van der Waals surface area contributed by atoms with Gasteiger partial charge in [-0.2, -0.15) is 0 Å². The molecule has 8 heteroatoms. The minimum absolute atomic E-state index is 0.109. The number of para-hydroxylation sites is 1. The number of anilines is 1. The van der Waals surface area contributed by atoms with E-state index in [0.717, 1.165) is 22.1 Å². The number of nitrogens with zero attached hydrogens (tertiary/aromatic N) is 3. The maximum Gasteiger partial charge on any atom is 0.234 e. The van der Waals surface area contributed by atoms with Gasteiger partial charge in [-0.3, -0.25) is 9.36 Å². The smallest absolute Gasteiger partial charge is 0.234 e. The lowest BCUT2D eigenvalue weighted by molar-refractivity contribution is -0.113. The lowest BCUT2D eigenvalue weighted by atomic mass is 10.2. The minimum Gasteiger partial charge on any atom is -0.324 e. The summed E-state index contributed by atoms with van der Waals surface area (Å²) in [6.07, 6.45) is 2.03. The topological polar surface area (TPSA) is 59.8 Å². The molecule has 0 unspecified atom stereocenters. The van der Waals surface area contributed by atoms with Crippen molar-refractivity contribution in [1.29, 1.82) is 0 Å². The Kier molecular flexibility index (Phi) is 5.44. The third-order valence-corrected chi connectivity index (χ3v) is 6.06. The van der Waals surface area contributed by atoms with Crippen LogP contribution < -0.4 is 5.32 Å². The SMILES string of the molecule is O=C(CSc1nnc(-c2ccccc2F)n1C1CC1)Nc1ccccc1I. The number of aromatic nitrogens is 3. The van der Waals surface area contributed by atoms with Crippen molar-refractivity contribution in [3.05, 3.63) is 57.9 Å². The van der Waals surface area contributed by atoms with Crippen LogP contribution >= 0.6 is 34.4 Å². The lowest BCUT2D eigenvalue weighted by Crippen LogP contribution is -2.15. The molecular weight excluding hydrogens is 478 g/mol. The Hall–Kier alpha value is -1.94. The molecule has 1 saturated carbocycles. The molecule has 138 valence electrons. The molecular formula is C19H16FIN4OS. The summed E-state index contributed by atoms with van der Waals surface area (Å²) in [5, 5.41) is 12.0. The van der Waals surface area contributed by atoms with E-state index in [9.17, 15) is 9.18 Å². The van der Waals surface area contributed by atoms with E-state index < -0.39 is 0 Å². The predicted octanol–water partition coefficient (Wildman–Crippen LogP) is 4.75. The summed E-state index contributed by atoms with van der Waals surface area (Å²) >= 11 is 3.51. The molecule has 5 nitrogen and oxygen atoms in total. The van der Waals surface area contributed by atoms with E-state index >= 15 is 0 Å². The van der Waals surface area contributed by atoms with Gasteiger partial charge in [-0.25, -0.2) is 4.39 Å². The van der Waals surface area contributed by atoms with Crippen LogP contribution in [0.5, 0.6) is 0 Å². The van der Waals surface area contributed by atoms with Gasteiger partial charge in [0.25, 0.3) is 0 Å². The highest BCUT2D eigenvalue weighted by Gasteiger charge is 2.31. The Morgan fingerprint density at radius 2 is 1.93 bits per heavy atom. The molecule has 0 atom stereocenters. The zero-order valence-electron chi connectivity index (χ0n) is 14.2. The molecule has 0 spiro atoms. The van der Waals surface area contributed by atoms with Crippen molar-refractivity contribution in [2.45, 2.75) is 24.0 Å². The van der Waals surface area contributed by atoms with Gasteiger partial charge >= 0.3 is 0 Å². The van der Waals surface area contributed by atoms with Gasteiger partial charge < -0.3 is 5.32 Å². The molecule has 2 aromatic carbocycles. The van der Waals surface area contributed by atoms with Crippen LogP contribution in [-0.2, 0) is 4.79 Å². The van der Waals surface area contributed by atoms with Crippen LogP contribution in [-0.4, -0.2) is 26.4 Å². The molecule has 1 N–H and O–H groups in total. The summed E-state index contributed by atoms with van der Waals surface area (Å²) in [6, 6.07) is 14.5. The second kappa shape index (κ2) is 7.97. The Labute approximate surface area is 173 Å². The van der Waals surface area contributed by atoms with Gasteiger partial charge in [0.15, 0.2) is 11.0 Å². The third kappa shape index (κ3) is 4.16. The van der Waals surface area contributed by atoms with Crippen molar-refractivity contribution in [1.82, 2.24) is 14.8 Å². The van der Waals surface area contributed by atoms with E-state index in [1.54, 1.807) is 18.2 Å². The monoisotopic (exact) mass is 494 g/mol. The molecule has 0 radical (unpaired) electrons. The number of halogens is 2. The number of rotatable bonds is 6. The summed E-state index contributed by atoms with van der Waals surface area (Å²) in [5.74, 6) is 0.311. The van der Waals surface area contributed by atoms with Crippen molar-refractivity contribution in [2.75, 3.05) is 11.1 Å². The van der Waals surface area contributed by atoms with Gasteiger partial charge in [-0.05, 0) is 59.7 Å². The van der Waals surface area contributed by atoms with Gasteiger partial charge in [-0.15, -0.1) is 10.2 Å². The number of carbonyl (C=O) groups is 1. The number of carbonyl (C=O) groups excluding carboxylic acids is 1. The average Bonchev–Trinajstić information content (AvgIpc) is 3.42. The molecule has 0 bridgehead atoms. The number of hydrogen-bond donors (Lipinski definition) is 1. The van der Waals surface area contributed by atoms with Gasteiger partial charge in [0, 0.05) is 9.61 Å². The summed E-state index contributed by atoms with van der Waals surface area (Å²) < 4.78 is 17.1. The van der Waals surface area contributed by atoms with E-state index in [1.807, 2.05) is 28.8 Å². The first-order valence-corrected chi connectivity index (χ1v) is 10.6. The van der Waals surface area contributed by atoms with Gasteiger partial charge in [-0.1, -0.05) is 36.0 Å². The van der Waals surface area contributed by atoms with E-state index in [2.05, 4.69) is 38.1 Å². The highest BCUT2D eigenvalue weighted by atomic mass is 127.